The van der Waals surface area contributed by atoms with Crippen LogP contribution in [-0.4, -0.2) is 11.5 Å². The van der Waals surface area contributed by atoms with Crippen LogP contribution >= 0.6 is 0 Å². The third-order valence-electron chi connectivity index (χ3n) is 3.48. The molecule has 1 aliphatic heterocycles. The Bertz CT molecular complexity index is 493. The smallest absolute Gasteiger partial charge is 0.105 e. The minimum absolute atomic E-state index is 1.09. The lowest BCUT2D eigenvalue weighted by atomic mass is 10.00. The van der Waals surface area contributed by atoms with Crippen molar-refractivity contribution in [1.82, 2.24) is 4.98 Å². The number of aromatic nitrogens is 1. The number of benzene rings is 1. The summed E-state index contributed by atoms with van der Waals surface area (Å²) in [5, 5.41) is 0. The van der Waals surface area contributed by atoms with Crippen molar-refractivity contribution in [3.63, 3.8) is 0 Å². The fourth-order valence-corrected chi connectivity index (χ4v) is 2.59. The molecule has 0 amide bonds. The summed E-state index contributed by atoms with van der Waals surface area (Å²) in [6.45, 7) is 3.46. The van der Waals surface area contributed by atoms with E-state index in [1.165, 1.54) is 29.7 Å². The molecule has 0 aliphatic carbocycles. The Hall–Kier alpha value is -1.67. The molecule has 1 aromatic heterocycles. The van der Waals surface area contributed by atoms with E-state index in [1.54, 1.807) is 4.90 Å². The molecule has 1 aliphatic rings. The van der Waals surface area contributed by atoms with Crippen LogP contribution in [0.15, 0.2) is 48.8 Å². The Labute approximate surface area is 102 Å². The lowest BCUT2D eigenvalue weighted by molar-refractivity contribution is -0.929. The van der Waals surface area contributed by atoms with Gasteiger partial charge in [0.1, 0.15) is 13.1 Å². The van der Waals surface area contributed by atoms with E-state index in [0.717, 1.165) is 13.1 Å². The van der Waals surface area contributed by atoms with Crippen LogP contribution in [0, 0.1) is 0 Å². The first kappa shape index (κ1) is 10.5. The second kappa shape index (κ2) is 4.68. The highest BCUT2D eigenvalue weighted by atomic mass is 15.1. The van der Waals surface area contributed by atoms with Crippen LogP contribution in [0.4, 0.5) is 0 Å². The monoisotopic (exact) mass is 225 g/mol. The minimum atomic E-state index is 1.09. The van der Waals surface area contributed by atoms with E-state index in [0.29, 0.717) is 0 Å². The van der Waals surface area contributed by atoms with Crippen molar-refractivity contribution in [3.8, 4) is 0 Å². The number of rotatable bonds is 2. The van der Waals surface area contributed by atoms with Gasteiger partial charge in [-0.05, 0) is 11.6 Å². The first-order valence-electron chi connectivity index (χ1n) is 6.21. The van der Waals surface area contributed by atoms with E-state index in [2.05, 4.69) is 35.3 Å². The van der Waals surface area contributed by atoms with Crippen LogP contribution in [0.2, 0.25) is 0 Å². The predicted molar refractivity (Wildman–Crippen MR) is 67.6 cm³/mol. The van der Waals surface area contributed by atoms with Crippen molar-refractivity contribution < 1.29 is 4.90 Å². The molecule has 0 spiro atoms. The van der Waals surface area contributed by atoms with Gasteiger partial charge in [0.15, 0.2) is 0 Å². The van der Waals surface area contributed by atoms with E-state index in [-0.39, 0.29) is 0 Å². The van der Waals surface area contributed by atoms with E-state index in [4.69, 9.17) is 0 Å². The summed E-state index contributed by atoms with van der Waals surface area (Å²) in [6.07, 6.45) is 5.02. The highest BCUT2D eigenvalue weighted by Crippen LogP contribution is 2.10. The number of hydrogen-bond donors (Lipinski definition) is 1. The number of quaternary nitrogens is 1. The van der Waals surface area contributed by atoms with E-state index in [9.17, 15) is 0 Å². The fraction of sp³-hybridized carbons (Fsp3) is 0.267. The maximum Gasteiger partial charge on any atom is 0.105 e. The van der Waals surface area contributed by atoms with E-state index in [1.807, 2.05) is 18.5 Å². The van der Waals surface area contributed by atoms with Crippen molar-refractivity contribution in [2.24, 2.45) is 0 Å². The third-order valence-corrected chi connectivity index (χ3v) is 3.48. The van der Waals surface area contributed by atoms with Gasteiger partial charge in [0, 0.05) is 29.9 Å². The molecule has 1 N–H and O–H groups in total. The van der Waals surface area contributed by atoms with Crippen LogP contribution in [0.25, 0.3) is 0 Å². The van der Waals surface area contributed by atoms with Crippen molar-refractivity contribution in [2.45, 2.75) is 19.5 Å². The van der Waals surface area contributed by atoms with Gasteiger partial charge >= 0.3 is 0 Å². The number of hydrogen-bond acceptors (Lipinski definition) is 1. The first-order valence-corrected chi connectivity index (χ1v) is 6.21. The summed E-state index contributed by atoms with van der Waals surface area (Å²) in [4.78, 5) is 5.82. The Kier molecular flexibility index (Phi) is 2.88. The van der Waals surface area contributed by atoms with Gasteiger partial charge in [0.2, 0.25) is 0 Å². The van der Waals surface area contributed by atoms with Gasteiger partial charge in [-0.25, -0.2) is 0 Å². The largest absolute Gasteiger partial charge is 0.327 e. The van der Waals surface area contributed by atoms with Gasteiger partial charge in [-0.2, -0.15) is 0 Å². The standard InChI is InChI=1S/C15H16N2/c1-2-6-15-12-17(9-7-14(15)5-1)11-13-4-3-8-16-10-13/h1-6,8,10H,7,9,11-12H2/p+1. The van der Waals surface area contributed by atoms with Gasteiger partial charge in [0.25, 0.3) is 0 Å². The second-order valence-corrected chi connectivity index (χ2v) is 4.73. The predicted octanol–water partition coefficient (Wildman–Crippen LogP) is 1.22. The van der Waals surface area contributed by atoms with Crippen molar-refractivity contribution in [1.29, 1.82) is 0 Å². The van der Waals surface area contributed by atoms with Gasteiger partial charge in [-0.15, -0.1) is 0 Å². The topological polar surface area (TPSA) is 17.3 Å². The average Bonchev–Trinajstić information content (AvgIpc) is 2.40. The van der Waals surface area contributed by atoms with Crippen molar-refractivity contribution in [2.75, 3.05) is 6.54 Å². The van der Waals surface area contributed by atoms with Crippen LogP contribution < -0.4 is 4.90 Å². The van der Waals surface area contributed by atoms with Crippen LogP contribution in [0.1, 0.15) is 16.7 Å². The van der Waals surface area contributed by atoms with Gasteiger partial charge in [0.05, 0.1) is 6.54 Å². The molecule has 2 nitrogen and oxygen atoms in total. The number of nitrogens with one attached hydrogen (secondary N) is 1. The average molecular weight is 225 g/mol. The Balaban J connectivity index is 1.72. The molecule has 1 unspecified atom stereocenters. The summed E-state index contributed by atoms with van der Waals surface area (Å²) in [5.41, 5.74) is 4.38. The van der Waals surface area contributed by atoms with Gasteiger partial charge < -0.3 is 4.90 Å². The highest BCUT2D eigenvalue weighted by molar-refractivity contribution is 5.27. The fourth-order valence-electron chi connectivity index (χ4n) is 2.59. The van der Waals surface area contributed by atoms with Crippen LogP contribution in [0.3, 0.4) is 0 Å². The third kappa shape index (κ3) is 2.37. The van der Waals surface area contributed by atoms with Gasteiger partial charge in [-0.1, -0.05) is 30.3 Å². The summed E-state index contributed by atoms with van der Waals surface area (Å²) < 4.78 is 0. The molecule has 2 heteroatoms. The maximum absolute atomic E-state index is 4.18. The molecule has 2 heterocycles. The molecule has 1 aromatic carbocycles. The van der Waals surface area contributed by atoms with Crippen LogP contribution in [0.5, 0.6) is 0 Å². The quantitative estimate of drug-likeness (QED) is 0.813. The zero-order valence-electron chi connectivity index (χ0n) is 9.89. The summed E-state index contributed by atoms with van der Waals surface area (Å²) >= 11 is 0. The zero-order valence-corrected chi connectivity index (χ0v) is 9.89. The number of fused-ring (bicyclic) bond motifs is 1. The molecule has 2 aromatic rings. The Morgan fingerprint density at radius 3 is 2.76 bits per heavy atom. The van der Waals surface area contributed by atoms with E-state index < -0.39 is 0 Å². The molecule has 0 bridgehead atoms. The normalized spacial score (nSPS) is 18.7. The lowest BCUT2D eigenvalue weighted by Crippen LogP contribution is -3.10. The van der Waals surface area contributed by atoms with Crippen molar-refractivity contribution >= 4 is 0 Å². The lowest BCUT2D eigenvalue weighted by Gasteiger charge is -2.25. The molecule has 3 rings (SSSR count). The molecule has 86 valence electrons. The maximum atomic E-state index is 4.18. The summed E-state index contributed by atoms with van der Waals surface area (Å²) in [6, 6.07) is 13.0. The molecule has 1 atom stereocenters. The minimum Gasteiger partial charge on any atom is -0.327 e. The van der Waals surface area contributed by atoms with Crippen molar-refractivity contribution in [3.05, 3.63) is 65.5 Å². The molecule has 0 radical (unpaired) electrons. The first-order chi connectivity index (χ1) is 8.42. The highest BCUT2D eigenvalue weighted by Gasteiger charge is 2.18. The SMILES string of the molecule is c1cncc(C[NH+]2CCc3ccccc3C2)c1. The molecular weight excluding hydrogens is 208 g/mol. The Morgan fingerprint density at radius 1 is 1.06 bits per heavy atom. The Morgan fingerprint density at radius 2 is 1.94 bits per heavy atom. The summed E-state index contributed by atoms with van der Waals surface area (Å²) in [5.74, 6) is 0. The van der Waals surface area contributed by atoms with Gasteiger partial charge in [-0.3, -0.25) is 4.98 Å². The zero-order chi connectivity index (χ0) is 11.5. The second-order valence-electron chi connectivity index (χ2n) is 4.73. The van der Waals surface area contributed by atoms with Crippen LogP contribution in [-0.2, 0) is 19.5 Å². The summed E-state index contributed by atoms with van der Waals surface area (Å²) in [7, 11) is 0. The van der Waals surface area contributed by atoms with E-state index >= 15 is 0 Å². The molecule has 0 saturated carbocycles. The molecule has 0 fully saturated rings. The number of pyridine rings is 1. The molecular formula is C15H17N2+. The number of nitrogens with zero attached hydrogens (tertiary/aromatic N) is 1. The molecule has 17 heavy (non-hydrogen) atoms. The molecule has 0 saturated heterocycles.